The van der Waals surface area contributed by atoms with Gasteiger partial charge in [-0.3, -0.25) is 9.59 Å². The molecule has 0 N–H and O–H groups in total. The van der Waals surface area contributed by atoms with E-state index in [1.54, 1.807) is 4.57 Å². The van der Waals surface area contributed by atoms with Crippen LogP contribution in [-0.2, 0) is 0 Å². The first-order valence-corrected chi connectivity index (χ1v) is 11.0. The number of esters is 1. The van der Waals surface area contributed by atoms with Crippen molar-refractivity contribution in [3.63, 3.8) is 0 Å². The van der Waals surface area contributed by atoms with Crippen molar-refractivity contribution in [2.45, 2.75) is 37.8 Å². The summed E-state index contributed by atoms with van der Waals surface area (Å²) in [5, 5.41) is -0.371. The lowest BCUT2D eigenvalue weighted by Crippen LogP contribution is -2.25. The first-order valence-electron chi connectivity index (χ1n) is 11.0. The van der Waals surface area contributed by atoms with Crippen LogP contribution in [0, 0.1) is 23.3 Å². The third-order valence-electron chi connectivity index (χ3n) is 6.42. The molecule has 0 bridgehead atoms. The molecular formula is C25H16F4N2O4. The molecule has 10 heteroatoms. The van der Waals surface area contributed by atoms with Gasteiger partial charge in [0.1, 0.15) is 5.56 Å². The molecule has 2 aliphatic carbocycles. The van der Waals surface area contributed by atoms with Crippen LogP contribution in [-0.4, -0.2) is 15.1 Å². The summed E-state index contributed by atoms with van der Waals surface area (Å²) in [6.45, 7) is 0. The summed E-state index contributed by atoms with van der Waals surface area (Å²) in [5.74, 6) is -6.32. The zero-order valence-electron chi connectivity index (χ0n) is 18.0. The Morgan fingerprint density at radius 1 is 0.714 bits per heavy atom. The molecule has 2 aromatic carbocycles. The normalized spacial score (nSPS) is 15.7. The molecule has 0 saturated heterocycles. The minimum absolute atomic E-state index is 0.0777. The Balaban J connectivity index is 1.49. The number of carbonyl (C=O) groups excluding carboxylic acids is 1. The van der Waals surface area contributed by atoms with Crippen LogP contribution in [0.5, 0.6) is 5.75 Å². The van der Waals surface area contributed by atoms with Gasteiger partial charge in [-0.05, 0) is 37.8 Å². The third kappa shape index (κ3) is 3.51. The number of carbonyl (C=O) groups is 1. The average molecular weight is 484 g/mol. The molecule has 0 spiro atoms. The summed E-state index contributed by atoms with van der Waals surface area (Å²) in [6.07, 6.45) is 5.39. The summed E-state index contributed by atoms with van der Waals surface area (Å²) in [6, 6.07) is 3.13. The molecule has 6 rings (SSSR count). The van der Waals surface area contributed by atoms with E-state index in [9.17, 15) is 31.9 Å². The van der Waals surface area contributed by atoms with Crippen LogP contribution < -0.4 is 15.6 Å². The van der Waals surface area contributed by atoms with E-state index in [0.29, 0.717) is 0 Å². The summed E-state index contributed by atoms with van der Waals surface area (Å²) in [4.78, 5) is 39.0. The average Bonchev–Trinajstić information content (AvgIpc) is 3.72. The van der Waals surface area contributed by atoms with E-state index < -0.39 is 51.4 Å². The number of halogens is 4. The Bertz CT molecular complexity index is 1700. The van der Waals surface area contributed by atoms with Crippen molar-refractivity contribution in [1.82, 2.24) is 9.13 Å². The molecule has 178 valence electrons. The van der Waals surface area contributed by atoms with Gasteiger partial charge in [0.25, 0.3) is 0 Å². The number of aromatic nitrogens is 2. The molecule has 2 heterocycles. The van der Waals surface area contributed by atoms with Crippen LogP contribution in [0.2, 0.25) is 0 Å². The lowest BCUT2D eigenvalue weighted by Gasteiger charge is -2.15. The van der Waals surface area contributed by atoms with Crippen LogP contribution in [0.15, 0.2) is 46.2 Å². The molecule has 0 amide bonds. The van der Waals surface area contributed by atoms with Crippen molar-refractivity contribution < 1.29 is 27.1 Å². The Morgan fingerprint density at radius 2 is 1.17 bits per heavy atom. The summed E-state index contributed by atoms with van der Waals surface area (Å²) in [7, 11) is 0. The van der Waals surface area contributed by atoms with Crippen molar-refractivity contribution in [1.29, 1.82) is 0 Å². The van der Waals surface area contributed by atoms with E-state index in [-0.39, 0.29) is 33.9 Å². The minimum Gasteiger partial charge on any atom is -0.417 e. The van der Waals surface area contributed by atoms with E-state index in [2.05, 4.69) is 0 Å². The van der Waals surface area contributed by atoms with Crippen molar-refractivity contribution in [2.24, 2.45) is 0 Å². The fourth-order valence-corrected chi connectivity index (χ4v) is 4.35. The second-order valence-corrected chi connectivity index (χ2v) is 8.93. The van der Waals surface area contributed by atoms with Gasteiger partial charge in [0.2, 0.25) is 10.9 Å². The quantitative estimate of drug-likeness (QED) is 0.309. The Hall–Kier alpha value is -3.95. The van der Waals surface area contributed by atoms with Gasteiger partial charge in [-0.2, -0.15) is 0 Å². The van der Waals surface area contributed by atoms with Crippen LogP contribution in [0.3, 0.4) is 0 Å². The SMILES string of the molecule is O=C(Oc1cn(C2CC2)c2cc(F)c(F)cc2c1=O)c1cn(C2CC2)c2cc(F)c(F)cc2c1=O. The first kappa shape index (κ1) is 21.6. The van der Waals surface area contributed by atoms with Crippen LogP contribution >= 0.6 is 0 Å². The number of hydrogen-bond donors (Lipinski definition) is 0. The van der Waals surface area contributed by atoms with Gasteiger partial charge >= 0.3 is 5.97 Å². The van der Waals surface area contributed by atoms with E-state index in [4.69, 9.17) is 4.74 Å². The number of rotatable bonds is 4. The molecule has 2 fully saturated rings. The van der Waals surface area contributed by atoms with Gasteiger partial charge in [0, 0.05) is 35.8 Å². The Morgan fingerprint density at radius 3 is 1.69 bits per heavy atom. The lowest BCUT2D eigenvalue weighted by molar-refractivity contribution is 0.0730. The van der Waals surface area contributed by atoms with E-state index in [0.717, 1.165) is 49.9 Å². The highest BCUT2D eigenvalue weighted by Gasteiger charge is 2.30. The maximum absolute atomic E-state index is 13.9. The second kappa shape index (κ2) is 7.53. The van der Waals surface area contributed by atoms with Gasteiger partial charge in [0.05, 0.1) is 22.6 Å². The maximum atomic E-state index is 13.9. The molecule has 0 aliphatic heterocycles. The molecule has 4 aromatic rings. The molecular weight excluding hydrogens is 468 g/mol. The first-order chi connectivity index (χ1) is 16.7. The van der Waals surface area contributed by atoms with E-state index in [1.807, 2.05) is 0 Å². The van der Waals surface area contributed by atoms with Gasteiger partial charge in [-0.1, -0.05) is 0 Å². The van der Waals surface area contributed by atoms with E-state index >= 15 is 0 Å². The number of hydrogen-bond acceptors (Lipinski definition) is 4. The molecule has 2 aromatic heterocycles. The fourth-order valence-electron chi connectivity index (χ4n) is 4.35. The summed E-state index contributed by atoms with van der Waals surface area (Å²) >= 11 is 0. The smallest absolute Gasteiger partial charge is 0.349 e. The van der Waals surface area contributed by atoms with Crippen LogP contribution in [0.1, 0.15) is 48.1 Å². The molecule has 0 atom stereocenters. The maximum Gasteiger partial charge on any atom is 0.349 e. The largest absolute Gasteiger partial charge is 0.417 e. The fraction of sp³-hybridized carbons (Fsp3) is 0.240. The van der Waals surface area contributed by atoms with Gasteiger partial charge in [0.15, 0.2) is 29.0 Å². The van der Waals surface area contributed by atoms with Crippen molar-refractivity contribution in [3.8, 4) is 5.75 Å². The van der Waals surface area contributed by atoms with E-state index in [1.165, 1.54) is 17.0 Å². The Kier molecular flexibility index (Phi) is 4.64. The van der Waals surface area contributed by atoms with Crippen LogP contribution in [0.4, 0.5) is 17.6 Å². The van der Waals surface area contributed by atoms with Crippen molar-refractivity contribution >= 4 is 27.8 Å². The predicted molar refractivity (Wildman–Crippen MR) is 118 cm³/mol. The van der Waals surface area contributed by atoms with Gasteiger partial charge < -0.3 is 13.9 Å². The zero-order chi connectivity index (χ0) is 24.6. The number of nitrogens with zero attached hydrogens (tertiary/aromatic N) is 2. The Labute approximate surface area is 194 Å². The molecule has 2 saturated carbocycles. The minimum atomic E-state index is -1.24. The van der Waals surface area contributed by atoms with Crippen molar-refractivity contribution in [3.05, 3.63) is 85.9 Å². The zero-order valence-corrected chi connectivity index (χ0v) is 18.0. The number of fused-ring (bicyclic) bond motifs is 2. The van der Waals surface area contributed by atoms with Crippen LogP contribution in [0.25, 0.3) is 21.8 Å². The molecule has 0 radical (unpaired) electrons. The second-order valence-electron chi connectivity index (χ2n) is 8.93. The molecule has 2 aliphatic rings. The number of pyridine rings is 2. The standard InChI is InChI=1S/C25H16F4N2O4/c26-16-5-13-20(7-18(16)28)30(11-1-2-11)9-15(23(13)32)25(34)35-22-10-31(12-3-4-12)21-8-19(29)17(27)6-14(21)24(22)33/h5-12H,1-4H2. The van der Waals surface area contributed by atoms with Gasteiger partial charge in [-0.25, -0.2) is 22.4 Å². The topological polar surface area (TPSA) is 70.3 Å². The lowest BCUT2D eigenvalue weighted by atomic mass is 10.1. The number of benzene rings is 2. The summed E-state index contributed by atoms with van der Waals surface area (Å²) in [5.41, 5.74) is -1.88. The molecule has 35 heavy (non-hydrogen) atoms. The predicted octanol–water partition coefficient (Wildman–Crippen LogP) is 4.76. The highest BCUT2D eigenvalue weighted by molar-refractivity contribution is 5.95. The van der Waals surface area contributed by atoms with Crippen molar-refractivity contribution in [2.75, 3.05) is 0 Å². The highest BCUT2D eigenvalue weighted by atomic mass is 19.2. The third-order valence-corrected chi connectivity index (χ3v) is 6.42. The summed E-state index contributed by atoms with van der Waals surface area (Å²) < 4.78 is 63.9. The monoisotopic (exact) mass is 484 g/mol. The highest BCUT2D eigenvalue weighted by Crippen LogP contribution is 2.39. The molecule has 0 unspecified atom stereocenters. The molecule has 6 nitrogen and oxygen atoms in total. The number of ether oxygens (including phenoxy) is 1. The van der Waals surface area contributed by atoms with Gasteiger partial charge in [-0.15, -0.1) is 0 Å².